The predicted octanol–water partition coefficient (Wildman–Crippen LogP) is 5.18. The molecule has 0 bridgehead atoms. The van der Waals surface area contributed by atoms with Gasteiger partial charge in [-0.1, -0.05) is 91.6 Å². The standard InChI is InChI=1S/C55H88N8O11/c1-15-36(6)50(61(12)55(71)48(34(2)3)57-54(70)49(35(4)5)60(10)11)42(72-13)33-46(67)62-32-22-25-41(62)51(73-14)38(8)53(69)56-39(9)52(40-23-18-16-19-24-40)74-47(68)30-27-37(7)58-59-43(64)26-20-17-21-31-63-44(65)28-29-45(63)66/h16,18-19,23-24,28-29,34-36,38-39,41-42,48-52H,15,17,20-22,25-27,30-33H2,1-14H3,(H,56,69)(H,57,70)(H,59,64)/b58-37+/t36-,38+,39+,41-,42+,48-,49?,50-,51+,52+/m0/s1. The van der Waals surface area contributed by atoms with E-state index in [-0.39, 0.29) is 84.8 Å². The van der Waals surface area contributed by atoms with Crippen LogP contribution in [0.1, 0.15) is 138 Å². The lowest BCUT2D eigenvalue weighted by Crippen LogP contribution is -2.59. The lowest BCUT2D eigenvalue weighted by atomic mass is 9.89. The molecule has 0 spiro atoms. The summed E-state index contributed by atoms with van der Waals surface area (Å²) in [6.07, 6.45) is 4.41. The summed E-state index contributed by atoms with van der Waals surface area (Å²) >= 11 is 0. The number of hydrogen-bond acceptors (Lipinski definition) is 13. The van der Waals surface area contributed by atoms with E-state index < -0.39 is 60.4 Å². The number of esters is 1. The Kier molecular flexibility index (Phi) is 26.1. The quantitative estimate of drug-likeness (QED) is 0.0288. The summed E-state index contributed by atoms with van der Waals surface area (Å²) in [4.78, 5) is 112. The topological polar surface area (TPSA) is 226 Å². The van der Waals surface area contributed by atoms with Gasteiger partial charge >= 0.3 is 5.97 Å². The summed E-state index contributed by atoms with van der Waals surface area (Å²) in [5.41, 5.74) is 3.71. The number of hydrazone groups is 1. The predicted molar refractivity (Wildman–Crippen MR) is 283 cm³/mol. The van der Waals surface area contributed by atoms with Crippen molar-refractivity contribution in [1.82, 2.24) is 35.7 Å². The molecule has 0 saturated carbocycles. The minimum absolute atomic E-state index is 0.0160. The fraction of sp³-hybridized carbons (Fsp3) is 0.691. The first-order chi connectivity index (χ1) is 35.0. The highest BCUT2D eigenvalue weighted by atomic mass is 16.5. The first-order valence-corrected chi connectivity index (χ1v) is 26.5. The molecule has 10 atom stereocenters. The van der Waals surface area contributed by atoms with Crippen molar-refractivity contribution in [3.05, 3.63) is 48.0 Å². The van der Waals surface area contributed by atoms with Crippen molar-refractivity contribution >= 4 is 53.0 Å². The summed E-state index contributed by atoms with van der Waals surface area (Å²) in [6.45, 7) is 17.8. The van der Waals surface area contributed by atoms with Gasteiger partial charge in [0, 0.05) is 58.6 Å². The number of rotatable bonds is 31. The number of carbonyl (C=O) groups excluding carboxylic acids is 8. The van der Waals surface area contributed by atoms with Gasteiger partial charge in [0.25, 0.3) is 11.8 Å². The van der Waals surface area contributed by atoms with Gasteiger partial charge in [0.15, 0.2) is 0 Å². The van der Waals surface area contributed by atoms with Crippen LogP contribution in [0.3, 0.4) is 0 Å². The number of amides is 7. The Balaban J connectivity index is 1.65. The van der Waals surface area contributed by atoms with E-state index in [0.29, 0.717) is 62.9 Å². The number of nitrogens with one attached hydrogen (secondary N) is 3. The molecule has 1 aromatic rings. The van der Waals surface area contributed by atoms with Crippen LogP contribution in [0.4, 0.5) is 0 Å². The Morgan fingerprint density at radius 3 is 2.03 bits per heavy atom. The average molecular weight is 1040 g/mol. The van der Waals surface area contributed by atoms with Crippen LogP contribution in [0.25, 0.3) is 0 Å². The number of hydrogen-bond donors (Lipinski definition) is 3. The normalized spacial score (nSPS) is 18.7. The molecule has 7 amide bonds. The van der Waals surface area contributed by atoms with Crippen LogP contribution >= 0.6 is 0 Å². The third-order valence-electron chi connectivity index (χ3n) is 14.4. The van der Waals surface area contributed by atoms with Crippen LogP contribution < -0.4 is 16.1 Å². The SMILES string of the molecule is CC[C@H](C)[C@@H]([C@@H](CC(=O)N1CCC[C@H]1[C@H](OC)[C@@H](C)C(=O)N[C@H](C)[C@@H](OC(=O)CC/C(C)=N/NC(=O)CCCCCN1C(=O)C=CC1=O)c1ccccc1)OC)N(C)C(=O)[C@@H](NC(=O)C(C(C)C)N(C)C)C(C)C. The lowest BCUT2D eigenvalue weighted by Gasteiger charge is -2.41. The Morgan fingerprint density at radius 2 is 1.46 bits per heavy atom. The molecule has 19 nitrogen and oxygen atoms in total. The maximum absolute atomic E-state index is 14.5. The van der Waals surface area contributed by atoms with Crippen LogP contribution in [-0.2, 0) is 52.6 Å². The van der Waals surface area contributed by atoms with Gasteiger partial charge in [-0.15, -0.1) is 0 Å². The molecule has 2 aliphatic heterocycles. The molecule has 1 aromatic carbocycles. The third kappa shape index (κ3) is 18.1. The van der Waals surface area contributed by atoms with Gasteiger partial charge in [-0.05, 0) is 83.4 Å². The van der Waals surface area contributed by atoms with Gasteiger partial charge in [0.05, 0.1) is 55.1 Å². The number of ether oxygens (including phenoxy) is 3. The minimum atomic E-state index is -0.850. The second-order valence-electron chi connectivity index (χ2n) is 20.9. The molecule has 19 heteroatoms. The molecule has 1 saturated heterocycles. The van der Waals surface area contributed by atoms with Crippen LogP contribution in [0.2, 0.25) is 0 Å². The van der Waals surface area contributed by atoms with E-state index in [4.69, 9.17) is 14.2 Å². The second-order valence-corrected chi connectivity index (χ2v) is 20.9. The zero-order valence-electron chi connectivity index (χ0n) is 46.7. The number of imide groups is 1. The van der Waals surface area contributed by atoms with Gasteiger partial charge in [-0.25, -0.2) is 5.43 Å². The molecule has 0 aliphatic carbocycles. The number of carbonyl (C=O) groups is 8. The van der Waals surface area contributed by atoms with E-state index in [1.165, 1.54) is 24.2 Å². The molecule has 1 fully saturated rings. The van der Waals surface area contributed by atoms with E-state index in [0.717, 1.165) is 0 Å². The second kappa shape index (κ2) is 30.7. The maximum atomic E-state index is 14.5. The Hall–Kier alpha value is -5.53. The molecular weight excluding hydrogens is 949 g/mol. The first-order valence-electron chi connectivity index (χ1n) is 26.5. The molecule has 0 radical (unpaired) electrons. The maximum Gasteiger partial charge on any atom is 0.306 e. The van der Waals surface area contributed by atoms with Crippen molar-refractivity contribution in [2.45, 2.75) is 175 Å². The number of benzene rings is 1. The highest BCUT2D eigenvalue weighted by Gasteiger charge is 2.43. The summed E-state index contributed by atoms with van der Waals surface area (Å²) in [5.74, 6) is -3.50. The van der Waals surface area contributed by atoms with Crippen molar-refractivity contribution in [2.75, 3.05) is 48.5 Å². The molecule has 414 valence electrons. The van der Waals surface area contributed by atoms with E-state index in [9.17, 15) is 38.4 Å². The Bertz CT molecular complexity index is 2070. The fourth-order valence-corrected chi connectivity index (χ4v) is 10.1. The van der Waals surface area contributed by atoms with Crippen LogP contribution in [0, 0.1) is 23.7 Å². The van der Waals surface area contributed by atoms with E-state index in [1.807, 2.05) is 90.9 Å². The Morgan fingerprint density at radius 1 is 0.811 bits per heavy atom. The molecule has 2 aliphatic rings. The number of unbranched alkanes of at least 4 members (excludes halogenated alkanes) is 2. The van der Waals surface area contributed by atoms with Gasteiger partial charge in [-0.3, -0.25) is 48.2 Å². The monoisotopic (exact) mass is 1040 g/mol. The molecule has 1 unspecified atom stereocenters. The first kappa shape index (κ1) is 62.8. The molecule has 74 heavy (non-hydrogen) atoms. The van der Waals surface area contributed by atoms with E-state index in [2.05, 4.69) is 21.2 Å². The van der Waals surface area contributed by atoms with Gasteiger partial charge < -0.3 is 34.6 Å². The van der Waals surface area contributed by atoms with Crippen molar-refractivity contribution in [3.63, 3.8) is 0 Å². The van der Waals surface area contributed by atoms with Crippen LogP contribution in [0.15, 0.2) is 47.6 Å². The van der Waals surface area contributed by atoms with Crippen molar-refractivity contribution in [1.29, 1.82) is 0 Å². The van der Waals surface area contributed by atoms with Crippen LogP contribution in [-0.4, -0.2) is 164 Å². The van der Waals surface area contributed by atoms with Gasteiger partial charge in [0.2, 0.25) is 29.5 Å². The van der Waals surface area contributed by atoms with Crippen molar-refractivity contribution < 1.29 is 52.6 Å². The summed E-state index contributed by atoms with van der Waals surface area (Å²) < 4.78 is 18.1. The molecule has 3 N–H and O–H groups in total. The molecule has 2 heterocycles. The summed E-state index contributed by atoms with van der Waals surface area (Å²) in [5, 5.41) is 10.2. The average Bonchev–Trinajstić information content (AvgIpc) is 3.97. The highest BCUT2D eigenvalue weighted by molar-refractivity contribution is 6.12. The molecule has 3 rings (SSSR count). The molecule has 0 aromatic heterocycles. The number of likely N-dealkylation sites (N-methyl/N-ethyl adjacent to an activating group) is 2. The lowest BCUT2D eigenvalue weighted by molar-refractivity contribution is -0.152. The number of likely N-dealkylation sites (tertiary alicyclic amines) is 1. The number of methoxy groups -OCH3 is 2. The summed E-state index contributed by atoms with van der Waals surface area (Å²) in [7, 11) is 8.47. The fourth-order valence-electron chi connectivity index (χ4n) is 10.1. The van der Waals surface area contributed by atoms with Gasteiger partial charge in [-0.2, -0.15) is 5.10 Å². The van der Waals surface area contributed by atoms with Crippen molar-refractivity contribution in [3.8, 4) is 0 Å². The van der Waals surface area contributed by atoms with Crippen molar-refractivity contribution in [2.24, 2.45) is 28.8 Å². The highest BCUT2D eigenvalue weighted by Crippen LogP contribution is 2.31. The zero-order chi connectivity index (χ0) is 55.4. The minimum Gasteiger partial charge on any atom is -0.455 e. The molecular formula is C55H88N8O11. The number of nitrogens with zero attached hydrogens (tertiary/aromatic N) is 5. The summed E-state index contributed by atoms with van der Waals surface area (Å²) in [6, 6.07) is 6.27. The van der Waals surface area contributed by atoms with Crippen LogP contribution in [0.5, 0.6) is 0 Å². The smallest absolute Gasteiger partial charge is 0.306 e. The Labute approximate surface area is 440 Å². The van der Waals surface area contributed by atoms with Gasteiger partial charge in [0.1, 0.15) is 12.1 Å². The third-order valence-corrected chi connectivity index (χ3v) is 14.4. The van der Waals surface area contributed by atoms with E-state index >= 15 is 0 Å². The largest absolute Gasteiger partial charge is 0.455 e. The zero-order valence-corrected chi connectivity index (χ0v) is 46.7. The van der Waals surface area contributed by atoms with E-state index in [1.54, 1.807) is 44.7 Å².